The van der Waals surface area contributed by atoms with Gasteiger partial charge < -0.3 is 16.5 Å². The lowest BCUT2D eigenvalue weighted by Gasteiger charge is -2.10. The zero-order valence-electron chi connectivity index (χ0n) is 13.3. The SMILES string of the molecule is Nc1nc(N)c2c(cc(-c3ccc4ccccc4c3)c3nccc32)[nH]1. The van der Waals surface area contributed by atoms with E-state index in [1.165, 1.54) is 10.8 Å². The number of H-pyrrole nitrogens is 1. The molecule has 5 rings (SSSR count). The molecule has 3 aromatic carbocycles. The van der Waals surface area contributed by atoms with Gasteiger partial charge in [0.15, 0.2) is 5.95 Å². The summed E-state index contributed by atoms with van der Waals surface area (Å²) >= 11 is 0. The largest absolute Gasteiger partial charge is 0.383 e. The highest BCUT2D eigenvalue weighted by molar-refractivity contribution is 6.15. The van der Waals surface area contributed by atoms with Crippen LogP contribution in [0.2, 0.25) is 0 Å². The number of hydrogen-bond donors (Lipinski definition) is 3. The van der Waals surface area contributed by atoms with Crippen molar-refractivity contribution in [3.05, 3.63) is 60.8 Å². The van der Waals surface area contributed by atoms with Crippen molar-refractivity contribution in [2.75, 3.05) is 11.5 Å². The molecule has 0 spiro atoms. The maximum atomic E-state index is 6.11. The summed E-state index contributed by atoms with van der Waals surface area (Å²) in [5.41, 5.74) is 15.9. The third kappa shape index (κ3) is 2.03. The minimum Gasteiger partial charge on any atom is -0.383 e. The second kappa shape index (κ2) is 4.95. The van der Waals surface area contributed by atoms with Crippen molar-refractivity contribution in [1.82, 2.24) is 15.0 Å². The molecular weight excluding hydrogens is 310 g/mol. The van der Waals surface area contributed by atoms with E-state index in [1.807, 2.05) is 24.3 Å². The first-order valence-electron chi connectivity index (χ1n) is 8.02. The molecule has 5 N–H and O–H groups in total. The van der Waals surface area contributed by atoms with Crippen LogP contribution in [0.5, 0.6) is 0 Å². The van der Waals surface area contributed by atoms with Crippen LogP contribution >= 0.6 is 0 Å². The molecule has 2 heterocycles. The standard InChI is InChI=1S/C20H15N5/c21-19-17-14-7-8-23-18(14)15(10-16(17)24-20(22)25-19)13-6-5-11-3-1-2-4-12(11)9-13/h1-10H,21H2,(H3,22,24,25). The minimum absolute atomic E-state index is 0.299. The molecule has 0 aliphatic rings. The molecule has 25 heavy (non-hydrogen) atoms. The van der Waals surface area contributed by atoms with Gasteiger partial charge in [0.25, 0.3) is 0 Å². The van der Waals surface area contributed by atoms with Crippen molar-refractivity contribution in [3.8, 4) is 11.1 Å². The summed E-state index contributed by atoms with van der Waals surface area (Å²) in [6, 6.07) is 18.7. The number of nitrogens with zero attached hydrogens (tertiary/aromatic N) is 2. The lowest BCUT2D eigenvalue weighted by molar-refractivity contribution is 1.25. The first kappa shape index (κ1) is 13.8. The highest BCUT2D eigenvalue weighted by Crippen LogP contribution is 2.36. The number of fused-ring (bicyclic) bond motifs is 4. The van der Waals surface area contributed by atoms with Crippen molar-refractivity contribution in [2.45, 2.75) is 0 Å². The van der Waals surface area contributed by atoms with E-state index in [9.17, 15) is 0 Å². The number of hydrogen-bond acceptors (Lipinski definition) is 4. The Morgan fingerprint density at radius 2 is 1.72 bits per heavy atom. The Labute approximate surface area is 143 Å². The highest BCUT2D eigenvalue weighted by atomic mass is 15.0. The van der Waals surface area contributed by atoms with Gasteiger partial charge in [-0.25, -0.2) is 0 Å². The molecule has 0 fully saturated rings. The Bertz CT molecular complexity index is 1270. The molecule has 5 aromatic rings. The van der Waals surface area contributed by atoms with E-state index in [0.29, 0.717) is 11.8 Å². The van der Waals surface area contributed by atoms with E-state index >= 15 is 0 Å². The number of nitrogens with two attached hydrogens (primary N) is 2. The van der Waals surface area contributed by atoms with E-state index < -0.39 is 0 Å². The fourth-order valence-corrected chi connectivity index (χ4v) is 3.48. The molecule has 0 aliphatic carbocycles. The van der Waals surface area contributed by atoms with Crippen LogP contribution in [-0.2, 0) is 0 Å². The van der Waals surface area contributed by atoms with Gasteiger partial charge >= 0.3 is 0 Å². The molecule has 0 atom stereocenters. The number of aromatic nitrogens is 3. The van der Waals surface area contributed by atoms with Crippen molar-refractivity contribution in [3.63, 3.8) is 0 Å². The fourth-order valence-electron chi connectivity index (χ4n) is 3.48. The molecule has 2 aromatic heterocycles. The Morgan fingerprint density at radius 1 is 0.880 bits per heavy atom. The average Bonchev–Trinajstić information content (AvgIpc) is 3.09. The lowest BCUT2D eigenvalue weighted by Crippen LogP contribution is -2.01. The number of nitrogen functional groups attached to an aromatic ring is 2. The van der Waals surface area contributed by atoms with Crippen LogP contribution in [0.25, 0.3) is 43.7 Å². The van der Waals surface area contributed by atoms with Gasteiger partial charge in [-0.1, -0.05) is 36.4 Å². The van der Waals surface area contributed by atoms with E-state index in [1.54, 1.807) is 6.20 Å². The fraction of sp³-hybridized carbons (Fsp3) is 0. The van der Waals surface area contributed by atoms with E-state index in [4.69, 9.17) is 11.5 Å². The Balaban J connectivity index is 1.89. The molecule has 0 unspecified atom stereocenters. The first-order valence-corrected chi connectivity index (χ1v) is 8.02. The van der Waals surface area contributed by atoms with Gasteiger partial charge in [-0.3, -0.25) is 4.98 Å². The zero-order chi connectivity index (χ0) is 17.0. The predicted molar refractivity (Wildman–Crippen MR) is 103 cm³/mol. The summed E-state index contributed by atoms with van der Waals surface area (Å²) in [6.45, 7) is 0. The van der Waals surface area contributed by atoms with Crippen molar-refractivity contribution < 1.29 is 0 Å². The van der Waals surface area contributed by atoms with Crippen molar-refractivity contribution >= 4 is 44.3 Å². The third-order valence-corrected chi connectivity index (χ3v) is 4.60. The van der Waals surface area contributed by atoms with E-state index in [-0.39, 0.29) is 0 Å². The second-order valence-corrected chi connectivity index (χ2v) is 6.12. The second-order valence-electron chi connectivity index (χ2n) is 6.12. The number of aromatic amines is 1. The number of nitrogens with one attached hydrogen (secondary N) is 1. The van der Waals surface area contributed by atoms with E-state index in [2.05, 4.69) is 45.3 Å². The quantitative estimate of drug-likeness (QED) is 0.432. The Hall–Kier alpha value is -3.60. The summed E-state index contributed by atoms with van der Waals surface area (Å²) in [5, 5.41) is 4.23. The van der Waals surface area contributed by atoms with Gasteiger partial charge in [-0.05, 0) is 34.5 Å². The molecular formula is C20H15N5. The van der Waals surface area contributed by atoms with Crippen molar-refractivity contribution in [1.29, 1.82) is 0 Å². The van der Waals surface area contributed by atoms with Gasteiger partial charge in [-0.15, -0.1) is 0 Å². The molecule has 0 amide bonds. The molecule has 5 nitrogen and oxygen atoms in total. The molecule has 0 radical (unpaired) electrons. The molecule has 5 heteroatoms. The van der Waals surface area contributed by atoms with Crippen LogP contribution in [0.1, 0.15) is 0 Å². The van der Waals surface area contributed by atoms with E-state index in [0.717, 1.165) is 32.9 Å². The Kier molecular flexibility index (Phi) is 2.73. The third-order valence-electron chi connectivity index (χ3n) is 4.60. The van der Waals surface area contributed by atoms with Gasteiger partial charge in [0.1, 0.15) is 5.82 Å². The molecule has 0 aliphatic heterocycles. The lowest BCUT2D eigenvalue weighted by atomic mass is 9.97. The molecule has 0 saturated heterocycles. The smallest absolute Gasteiger partial charge is 0.199 e. The predicted octanol–water partition coefficient (Wildman–Crippen LogP) is 4.10. The van der Waals surface area contributed by atoms with Gasteiger partial charge in [-0.2, -0.15) is 4.98 Å². The normalized spacial score (nSPS) is 11.5. The van der Waals surface area contributed by atoms with Gasteiger partial charge in [0.05, 0.1) is 11.0 Å². The van der Waals surface area contributed by atoms with Crippen LogP contribution in [0.15, 0.2) is 60.8 Å². The average molecular weight is 325 g/mol. The topological polar surface area (TPSA) is 93.6 Å². The van der Waals surface area contributed by atoms with Crippen molar-refractivity contribution in [2.24, 2.45) is 0 Å². The number of anilines is 2. The molecule has 0 saturated carbocycles. The number of rotatable bonds is 1. The highest BCUT2D eigenvalue weighted by Gasteiger charge is 2.14. The molecule has 120 valence electrons. The van der Waals surface area contributed by atoms with Crippen LogP contribution in [0, 0.1) is 0 Å². The van der Waals surface area contributed by atoms with Gasteiger partial charge in [0.2, 0.25) is 0 Å². The molecule has 0 bridgehead atoms. The van der Waals surface area contributed by atoms with Crippen LogP contribution in [0.3, 0.4) is 0 Å². The minimum atomic E-state index is 0.299. The Morgan fingerprint density at radius 3 is 2.60 bits per heavy atom. The maximum Gasteiger partial charge on any atom is 0.199 e. The van der Waals surface area contributed by atoms with Crippen LogP contribution < -0.4 is 11.5 Å². The summed E-state index contributed by atoms with van der Waals surface area (Å²) in [4.78, 5) is 11.8. The zero-order valence-corrected chi connectivity index (χ0v) is 13.3. The van der Waals surface area contributed by atoms with Crippen LogP contribution in [-0.4, -0.2) is 15.0 Å². The first-order chi connectivity index (χ1) is 12.2. The van der Waals surface area contributed by atoms with Gasteiger partial charge in [0, 0.05) is 22.5 Å². The summed E-state index contributed by atoms with van der Waals surface area (Å²) in [7, 11) is 0. The maximum absolute atomic E-state index is 6.11. The number of benzene rings is 3. The summed E-state index contributed by atoms with van der Waals surface area (Å²) < 4.78 is 0. The summed E-state index contributed by atoms with van der Waals surface area (Å²) in [6.07, 6.45) is 1.80. The van der Waals surface area contributed by atoms with Crippen LogP contribution in [0.4, 0.5) is 11.8 Å². The summed E-state index contributed by atoms with van der Waals surface area (Å²) in [5.74, 6) is 0.711. The monoisotopic (exact) mass is 325 g/mol.